The van der Waals surface area contributed by atoms with Crippen molar-refractivity contribution >= 4 is 34.8 Å². The minimum atomic E-state index is -0.306. The second-order valence-corrected chi connectivity index (χ2v) is 6.55. The van der Waals surface area contributed by atoms with Crippen molar-refractivity contribution in [1.82, 2.24) is 9.78 Å². The van der Waals surface area contributed by atoms with Crippen LogP contribution in [0.25, 0.3) is 5.69 Å². The molecule has 0 unspecified atom stereocenters. The van der Waals surface area contributed by atoms with Crippen molar-refractivity contribution in [3.63, 3.8) is 0 Å². The van der Waals surface area contributed by atoms with Gasteiger partial charge in [0, 0.05) is 11.1 Å². The van der Waals surface area contributed by atoms with Gasteiger partial charge in [-0.25, -0.2) is 4.68 Å². The summed E-state index contributed by atoms with van der Waals surface area (Å²) in [6.45, 7) is 3.56. The highest BCUT2D eigenvalue weighted by Gasteiger charge is 2.16. The molecule has 0 aliphatic carbocycles. The molecule has 2 aromatic carbocycles. The molecule has 0 saturated heterocycles. The molecule has 7 heteroatoms. The average molecular weight is 390 g/mol. The Kier molecular flexibility index (Phi) is 5.49. The van der Waals surface area contributed by atoms with Gasteiger partial charge < -0.3 is 10.1 Å². The van der Waals surface area contributed by atoms with Crippen LogP contribution < -0.4 is 10.1 Å². The molecule has 1 amide bonds. The van der Waals surface area contributed by atoms with Gasteiger partial charge in [0.1, 0.15) is 5.75 Å². The summed E-state index contributed by atoms with van der Waals surface area (Å²) in [6.07, 6.45) is 0. The van der Waals surface area contributed by atoms with Crippen LogP contribution in [0.2, 0.25) is 10.0 Å². The van der Waals surface area contributed by atoms with E-state index in [4.69, 9.17) is 27.9 Å². The third-order valence-corrected chi connectivity index (χ3v) is 4.36. The summed E-state index contributed by atoms with van der Waals surface area (Å²) in [4.78, 5) is 12.3. The molecule has 3 rings (SSSR count). The number of nitrogens with one attached hydrogen (secondary N) is 1. The number of aryl methyl sites for hydroxylation is 1. The van der Waals surface area contributed by atoms with Gasteiger partial charge in [-0.2, -0.15) is 5.10 Å². The van der Waals surface area contributed by atoms with Crippen LogP contribution in [0.5, 0.6) is 5.75 Å². The van der Waals surface area contributed by atoms with Gasteiger partial charge in [0.25, 0.3) is 5.91 Å². The molecule has 1 N–H and O–H groups in total. The molecule has 0 bridgehead atoms. The Morgan fingerprint density at radius 1 is 1.15 bits per heavy atom. The molecule has 3 aromatic rings. The van der Waals surface area contributed by atoms with Crippen molar-refractivity contribution in [2.24, 2.45) is 0 Å². The second-order valence-electron chi connectivity index (χ2n) is 5.70. The molecule has 0 spiro atoms. The van der Waals surface area contributed by atoms with Gasteiger partial charge in [-0.05, 0) is 38.1 Å². The van der Waals surface area contributed by atoms with Crippen LogP contribution in [0, 0.1) is 13.8 Å². The number of ether oxygens (including phenoxy) is 1. The Morgan fingerprint density at radius 2 is 1.88 bits per heavy atom. The first-order valence-electron chi connectivity index (χ1n) is 7.95. The van der Waals surface area contributed by atoms with E-state index in [0.29, 0.717) is 21.5 Å². The SMILES string of the molecule is Cc1nn(-c2ccccc2)c(C)c1NC(=O)COc1cc(Cl)ccc1Cl. The number of aromatic nitrogens is 2. The fraction of sp³-hybridized carbons (Fsp3) is 0.158. The van der Waals surface area contributed by atoms with Gasteiger partial charge in [0.15, 0.2) is 6.61 Å². The van der Waals surface area contributed by atoms with Gasteiger partial charge in [0.05, 0.1) is 27.8 Å². The molecular weight excluding hydrogens is 373 g/mol. The molecule has 26 heavy (non-hydrogen) atoms. The molecule has 1 heterocycles. The van der Waals surface area contributed by atoms with Crippen LogP contribution in [-0.4, -0.2) is 22.3 Å². The summed E-state index contributed by atoms with van der Waals surface area (Å²) in [5, 5.41) is 8.23. The van der Waals surface area contributed by atoms with E-state index in [0.717, 1.165) is 17.1 Å². The Balaban J connectivity index is 1.72. The molecule has 5 nitrogen and oxygen atoms in total. The number of para-hydroxylation sites is 1. The first kappa shape index (κ1) is 18.3. The van der Waals surface area contributed by atoms with E-state index in [1.165, 1.54) is 0 Å². The van der Waals surface area contributed by atoms with Crippen molar-refractivity contribution in [3.05, 3.63) is 70.0 Å². The maximum Gasteiger partial charge on any atom is 0.262 e. The van der Waals surface area contributed by atoms with E-state index in [9.17, 15) is 4.79 Å². The monoisotopic (exact) mass is 389 g/mol. The molecule has 1 aromatic heterocycles. The van der Waals surface area contributed by atoms with Crippen LogP contribution in [0.4, 0.5) is 5.69 Å². The highest BCUT2D eigenvalue weighted by atomic mass is 35.5. The first-order valence-corrected chi connectivity index (χ1v) is 8.70. The lowest BCUT2D eigenvalue weighted by Gasteiger charge is -2.10. The maximum atomic E-state index is 12.3. The molecule has 0 aliphatic rings. The molecule has 0 saturated carbocycles. The van der Waals surface area contributed by atoms with Gasteiger partial charge in [-0.1, -0.05) is 41.4 Å². The Hall–Kier alpha value is -2.50. The van der Waals surface area contributed by atoms with Crippen molar-refractivity contribution in [3.8, 4) is 11.4 Å². The van der Waals surface area contributed by atoms with E-state index in [1.54, 1.807) is 22.9 Å². The summed E-state index contributed by atoms with van der Waals surface area (Å²) in [6, 6.07) is 14.6. The number of carbonyl (C=O) groups is 1. The minimum Gasteiger partial charge on any atom is -0.482 e. The number of benzene rings is 2. The largest absolute Gasteiger partial charge is 0.482 e. The summed E-state index contributed by atoms with van der Waals surface area (Å²) >= 11 is 11.9. The summed E-state index contributed by atoms with van der Waals surface area (Å²) in [7, 11) is 0. The number of anilines is 1. The second kappa shape index (κ2) is 7.81. The van der Waals surface area contributed by atoms with E-state index >= 15 is 0 Å². The number of rotatable bonds is 5. The number of halogens is 2. The summed E-state index contributed by atoms with van der Waals surface area (Å²) in [5.41, 5.74) is 3.15. The smallest absolute Gasteiger partial charge is 0.262 e. The fourth-order valence-corrected chi connectivity index (χ4v) is 2.88. The normalized spacial score (nSPS) is 10.6. The molecule has 0 fully saturated rings. The molecule has 0 atom stereocenters. The zero-order valence-electron chi connectivity index (χ0n) is 14.3. The predicted octanol–water partition coefficient (Wildman–Crippen LogP) is 4.81. The lowest BCUT2D eigenvalue weighted by Crippen LogP contribution is -2.21. The fourth-order valence-electron chi connectivity index (χ4n) is 2.55. The zero-order valence-corrected chi connectivity index (χ0v) is 15.8. The summed E-state index contributed by atoms with van der Waals surface area (Å²) in [5.74, 6) is 0.0580. The maximum absolute atomic E-state index is 12.3. The van der Waals surface area contributed by atoms with Gasteiger partial charge in [0.2, 0.25) is 0 Å². The van der Waals surface area contributed by atoms with Gasteiger partial charge >= 0.3 is 0 Å². The predicted molar refractivity (Wildman–Crippen MR) is 104 cm³/mol. The topological polar surface area (TPSA) is 56.2 Å². The third kappa shape index (κ3) is 4.00. The number of carbonyl (C=O) groups excluding carboxylic acids is 1. The van der Waals surface area contributed by atoms with Crippen molar-refractivity contribution in [2.75, 3.05) is 11.9 Å². The van der Waals surface area contributed by atoms with E-state index in [2.05, 4.69) is 10.4 Å². The number of nitrogens with zero attached hydrogens (tertiary/aromatic N) is 2. The van der Waals surface area contributed by atoms with Crippen LogP contribution in [0.15, 0.2) is 48.5 Å². The quantitative estimate of drug-likeness (QED) is 0.680. The average Bonchev–Trinajstić information content (AvgIpc) is 2.91. The minimum absolute atomic E-state index is 0.185. The molecule has 0 aliphatic heterocycles. The van der Waals surface area contributed by atoms with Crippen LogP contribution in [-0.2, 0) is 4.79 Å². The Morgan fingerprint density at radius 3 is 2.62 bits per heavy atom. The molecular formula is C19H17Cl2N3O2. The Labute approximate surface area is 161 Å². The van der Waals surface area contributed by atoms with E-state index in [1.807, 2.05) is 44.2 Å². The lowest BCUT2D eigenvalue weighted by molar-refractivity contribution is -0.118. The zero-order chi connectivity index (χ0) is 18.7. The number of hydrogen-bond acceptors (Lipinski definition) is 3. The van der Waals surface area contributed by atoms with Crippen LogP contribution in [0.3, 0.4) is 0 Å². The number of amides is 1. The highest BCUT2D eigenvalue weighted by molar-refractivity contribution is 6.34. The van der Waals surface area contributed by atoms with Crippen LogP contribution in [0.1, 0.15) is 11.4 Å². The van der Waals surface area contributed by atoms with Crippen molar-refractivity contribution < 1.29 is 9.53 Å². The van der Waals surface area contributed by atoms with Crippen molar-refractivity contribution in [2.45, 2.75) is 13.8 Å². The molecule has 0 radical (unpaired) electrons. The van der Waals surface area contributed by atoms with E-state index in [-0.39, 0.29) is 12.5 Å². The lowest BCUT2D eigenvalue weighted by atomic mass is 10.3. The highest BCUT2D eigenvalue weighted by Crippen LogP contribution is 2.28. The number of hydrogen-bond donors (Lipinski definition) is 1. The standard InChI is InChI=1S/C19H17Cl2N3O2/c1-12-19(13(2)24(23-12)15-6-4-3-5-7-15)22-18(25)11-26-17-10-14(20)8-9-16(17)21/h3-10H,11H2,1-2H3,(H,22,25). The van der Waals surface area contributed by atoms with Gasteiger partial charge in [-0.3, -0.25) is 4.79 Å². The van der Waals surface area contributed by atoms with Crippen LogP contribution >= 0.6 is 23.2 Å². The Bertz CT molecular complexity index is 939. The van der Waals surface area contributed by atoms with E-state index < -0.39 is 0 Å². The van der Waals surface area contributed by atoms with Gasteiger partial charge in [-0.15, -0.1) is 0 Å². The van der Waals surface area contributed by atoms with Crippen molar-refractivity contribution in [1.29, 1.82) is 0 Å². The third-order valence-electron chi connectivity index (χ3n) is 3.81. The summed E-state index contributed by atoms with van der Waals surface area (Å²) < 4.78 is 7.26. The first-order chi connectivity index (χ1) is 12.5. The molecule has 134 valence electrons.